The molecule has 0 aromatic heterocycles. The number of nitrogens with two attached hydrogens (primary N) is 1. The maximum absolute atomic E-state index is 7.28. The average molecular weight is 250 g/mol. The molecular weight excluding hydrogens is 228 g/mol. The summed E-state index contributed by atoms with van der Waals surface area (Å²) < 4.78 is 11.3. The first-order chi connectivity index (χ1) is 8.65. The number of ether oxygens (including phenoxy) is 2. The Morgan fingerprint density at radius 3 is 2.33 bits per heavy atom. The van der Waals surface area contributed by atoms with E-state index in [1.807, 2.05) is 31.2 Å². The molecule has 0 heterocycles. The first-order valence-corrected chi connectivity index (χ1v) is 6.38. The maximum Gasteiger partial charge on any atom is 0.120 e. The molecule has 1 unspecified atom stereocenters. The van der Waals surface area contributed by atoms with Crippen molar-refractivity contribution in [3.05, 3.63) is 24.3 Å². The number of rotatable bonds is 8. The summed E-state index contributed by atoms with van der Waals surface area (Å²) in [7, 11) is 0. The van der Waals surface area contributed by atoms with Gasteiger partial charge in [-0.1, -0.05) is 13.8 Å². The molecule has 0 fully saturated rings. The number of amidine groups is 1. The molecular formula is C14H22N2O2. The topological polar surface area (TPSA) is 68.3 Å². The quantitative estimate of drug-likeness (QED) is 0.550. The maximum atomic E-state index is 7.28. The fourth-order valence-corrected chi connectivity index (χ4v) is 1.54. The van der Waals surface area contributed by atoms with E-state index in [1.54, 1.807) is 0 Å². The van der Waals surface area contributed by atoms with E-state index < -0.39 is 0 Å². The zero-order valence-electron chi connectivity index (χ0n) is 11.1. The Morgan fingerprint density at radius 2 is 1.83 bits per heavy atom. The van der Waals surface area contributed by atoms with Crippen LogP contribution in [0.2, 0.25) is 0 Å². The van der Waals surface area contributed by atoms with Crippen molar-refractivity contribution in [2.75, 3.05) is 6.61 Å². The smallest absolute Gasteiger partial charge is 0.120 e. The van der Waals surface area contributed by atoms with Gasteiger partial charge >= 0.3 is 0 Å². The van der Waals surface area contributed by atoms with Crippen LogP contribution in [0.15, 0.2) is 24.3 Å². The summed E-state index contributed by atoms with van der Waals surface area (Å²) in [5.41, 5.74) is 5.38. The molecule has 18 heavy (non-hydrogen) atoms. The monoisotopic (exact) mass is 250 g/mol. The zero-order valence-corrected chi connectivity index (χ0v) is 11.1. The van der Waals surface area contributed by atoms with Crippen LogP contribution in [0.5, 0.6) is 11.5 Å². The van der Waals surface area contributed by atoms with E-state index in [1.165, 1.54) is 0 Å². The molecule has 0 aliphatic heterocycles. The average Bonchev–Trinajstić information content (AvgIpc) is 2.36. The van der Waals surface area contributed by atoms with Crippen LogP contribution >= 0.6 is 0 Å². The molecule has 0 saturated heterocycles. The highest BCUT2D eigenvalue weighted by molar-refractivity contribution is 5.77. The lowest BCUT2D eigenvalue weighted by Gasteiger charge is -2.17. The van der Waals surface area contributed by atoms with Gasteiger partial charge in [0.2, 0.25) is 0 Å². The Kier molecular flexibility index (Phi) is 6.05. The molecule has 0 amide bonds. The van der Waals surface area contributed by atoms with Crippen molar-refractivity contribution in [1.82, 2.24) is 0 Å². The SMILES string of the molecule is CCCOc1ccc(OC(CC)CC(=N)N)cc1. The summed E-state index contributed by atoms with van der Waals surface area (Å²) in [6, 6.07) is 7.55. The largest absolute Gasteiger partial charge is 0.494 e. The fourth-order valence-electron chi connectivity index (χ4n) is 1.54. The molecule has 0 aliphatic carbocycles. The van der Waals surface area contributed by atoms with E-state index in [9.17, 15) is 0 Å². The van der Waals surface area contributed by atoms with Crippen molar-refractivity contribution in [1.29, 1.82) is 5.41 Å². The van der Waals surface area contributed by atoms with Gasteiger partial charge in [-0.2, -0.15) is 0 Å². The first kappa shape index (κ1) is 14.4. The predicted molar refractivity (Wildman–Crippen MR) is 73.5 cm³/mol. The van der Waals surface area contributed by atoms with Crippen LogP contribution in [0.3, 0.4) is 0 Å². The number of hydrogen-bond acceptors (Lipinski definition) is 3. The van der Waals surface area contributed by atoms with Gasteiger partial charge in [0.25, 0.3) is 0 Å². The third-order valence-electron chi connectivity index (χ3n) is 2.50. The van der Waals surface area contributed by atoms with E-state index in [0.29, 0.717) is 6.42 Å². The standard InChI is InChI=1S/C14H22N2O2/c1-3-9-17-12-5-7-13(8-6-12)18-11(4-2)10-14(15)16/h5-8,11H,3-4,9-10H2,1-2H3,(H3,15,16). The molecule has 1 atom stereocenters. The van der Waals surface area contributed by atoms with E-state index in [2.05, 4.69) is 6.92 Å². The van der Waals surface area contributed by atoms with E-state index in [0.717, 1.165) is 30.9 Å². The lowest BCUT2D eigenvalue weighted by molar-refractivity contribution is 0.204. The number of hydrogen-bond donors (Lipinski definition) is 2. The van der Waals surface area contributed by atoms with Gasteiger partial charge < -0.3 is 15.2 Å². The molecule has 3 N–H and O–H groups in total. The first-order valence-electron chi connectivity index (χ1n) is 6.38. The lowest BCUT2D eigenvalue weighted by atomic mass is 10.2. The van der Waals surface area contributed by atoms with Gasteiger partial charge in [-0.25, -0.2) is 0 Å². The fraction of sp³-hybridized carbons (Fsp3) is 0.500. The van der Waals surface area contributed by atoms with Gasteiger partial charge in [-0.15, -0.1) is 0 Å². The number of benzene rings is 1. The summed E-state index contributed by atoms with van der Waals surface area (Å²) >= 11 is 0. The second kappa shape index (κ2) is 7.58. The van der Waals surface area contributed by atoms with Crippen molar-refractivity contribution < 1.29 is 9.47 Å². The second-order valence-electron chi connectivity index (χ2n) is 4.20. The van der Waals surface area contributed by atoms with Crippen molar-refractivity contribution in [2.24, 2.45) is 5.73 Å². The number of nitrogens with one attached hydrogen (secondary N) is 1. The van der Waals surface area contributed by atoms with Gasteiger partial charge in [-0.05, 0) is 37.1 Å². The molecule has 1 aromatic carbocycles. The summed E-state index contributed by atoms with van der Waals surface area (Å²) in [4.78, 5) is 0. The molecule has 4 heteroatoms. The van der Waals surface area contributed by atoms with Gasteiger partial charge in [0.05, 0.1) is 12.4 Å². The molecule has 0 aliphatic rings. The van der Waals surface area contributed by atoms with Crippen LogP contribution in [-0.4, -0.2) is 18.5 Å². The van der Waals surface area contributed by atoms with Crippen LogP contribution in [0.4, 0.5) is 0 Å². The van der Waals surface area contributed by atoms with Crippen LogP contribution in [0.25, 0.3) is 0 Å². The third kappa shape index (κ3) is 5.08. The molecule has 0 bridgehead atoms. The lowest BCUT2D eigenvalue weighted by Crippen LogP contribution is -2.23. The molecule has 1 rings (SSSR count). The van der Waals surface area contributed by atoms with E-state index >= 15 is 0 Å². The Morgan fingerprint density at radius 1 is 1.22 bits per heavy atom. The van der Waals surface area contributed by atoms with Gasteiger partial charge in [-0.3, -0.25) is 5.41 Å². The van der Waals surface area contributed by atoms with Crippen LogP contribution in [0.1, 0.15) is 33.1 Å². The second-order valence-corrected chi connectivity index (χ2v) is 4.20. The Labute approximate surface area is 109 Å². The summed E-state index contributed by atoms with van der Waals surface area (Å²) in [5, 5.41) is 7.28. The van der Waals surface area contributed by atoms with Crippen LogP contribution < -0.4 is 15.2 Å². The van der Waals surface area contributed by atoms with E-state index in [4.69, 9.17) is 20.6 Å². The van der Waals surface area contributed by atoms with Crippen molar-refractivity contribution >= 4 is 5.84 Å². The van der Waals surface area contributed by atoms with Crippen LogP contribution in [0, 0.1) is 5.41 Å². The van der Waals surface area contributed by atoms with Crippen molar-refractivity contribution in [3.63, 3.8) is 0 Å². The predicted octanol–water partition coefficient (Wildman–Crippen LogP) is 2.96. The highest BCUT2D eigenvalue weighted by Crippen LogP contribution is 2.20. The Hall–Kier alpha value is -1.71. The zero-order chi connectivity index (χ0) is 13.4. The Bertz CT molecular complexity index is 363. The molecule has 0 spiro atoms. The van der Waals surface area contributed by atoms with Gasteiger partial charge in [0.15, 0.2) is 0 Å². The van der Waals surface area contributed by atoms with Gasteiger partial charge in [0.1, 0.15) is 17.6 Å². The minimum absolute atomic E-state index is 0.0371. The summed E-state index contributed by atoms with van der Waals surface area (Å²) in [6.45, 7) is 4.82. The molecule has 100 valence electrons. The minimum Gasteiger partial charge on any atom is -0.494 e. The third-order valence-corrected chi connectivity index (χ3v) is 2.50. The highest BCUT2D eigenvalue weighted by atomic mass is 16.5. The molecule has 0 saturated carbocycles. The summed E-state index contributed by atoms with van der Waals surface area (Å²) in [5.74, 6) is 1.79. The normalized spacial score (nSPS) is 11.9. The highest BCUT2D eigenvalue weighted by Gasteiger charge is 2.09. The molecule has 4 nitrogen and oxygen atoms in total. The minimum atomic E-state index is -0.0371. The molecule has 1 aromatic rings. The van der Waals surface area contributed by atoms with Crippen LogP contribution in [-0.2, 0) is 0 Å². The Balaban J connectivity index is 2.53. The van der Waals surface area contributed by atoms with Crippen molar-refractivity contribution in [3.8, 4) is 11.5 Å². The van der Waals surface area contributed by atoms with Crippen molar-refractivity contribution in [2.45, 2.75) is 39.2 Å². The summed E-state index contributed by atoms with van der Waals surface area (Å²) in [6.07, 6.45) is 2.25. The van der Waals surface area contributed by atoms with E-state index in [-0.39, 0.29) is 11.9 Å². The van der Waals surface area contributed by atoms with Gasteiger partial charge in [0, 0.05) is 6.42 Å². The molecule has 0 radical (unpaired) electrons.